The van der Waals surface area contributed by atoms with E-state index in [1.54, 1.807) is 6.92 Å². The summed E-state index contributed by atoms with van der Waals surface area (Å²) < 4.78 is 51.3. The Bertz CT molecular complexity index is 904. The Kier molecular flexibility index (Phi) is 5.99. The fraction of sp³-hybridized carbons (Fsp3) is 0.158. The van der Waals surface area contributed by atoms with Gasteiger partial charge in [0.25, 0.3) is 0 Å². The number of halogens is 4. The van der Waals surface area contributed by atoms with Gasteiger partial charge in [0.15, 0.2) is 0 Å². The van der Waals surface area contributed by atoms with Gasteiger partial charge in [-0.3, -0.25) is 4.79 Å². The Morgan fingerprint density at radius 1 is 1.07 bits per heavy atom. The summed E-state index contributed by atoms with van der Waals surface area (Å²) in [6.45, 7) is 1.62. The highest BCUT2D eigenvalue weighted by molar-refractivity contribution is 6.01. The maximum atomic E-state index is 13.6. The molecule has 0 bridgehead atoms. The summed E-state index contributed by atoms with van der Waals surface area (Å²) in [6.07, 6.45) is -1.81. The highest BCUT2D eigenvalue weighted by Crippen LogP contribution is 2.31. The van der Waals surface area contributed by atoms with E-state index in [0.29, 0.717) is 11.6 Å². The number of anilines is 1. The number of carbonyl (C=O) groups excluding carboxylic acids is 1. The third-order valence-electron chi connectivity index (χ3n) is 3.64. The SMILES string of the molecule is CCC(=O)Nc1ccc(C=Cc2ccc(C(F)(F)F)c(F)c2)cc1C(=O)O. The van der Waals surface area contributed by atoms with Gasteiger partial charge < -0.3 is 10.4 Å². The summed E-state index contributed by atoms with van der Waals surface area (Å²) in [5.74, 6) is -2.99. The van der Waals surface area contributed by atoms with E-state index in [-0.39, 0.29) is 29.1 Å². The van der Waals surface area contributed by atoms with Gasteiger partial charge in [0.1, 0.15) is 5.82 Å². The largest absolute Gasteiger partial charge is 0.478 e. The number of carboxylic acid groups (broad SMARTS) is 1. The number of hydrogen-bond acceptors (Lipinski definition) is 2. The summed E-state index contributed by atoms with van der Waals surface area (Å²) >= 11 is 0. The molecule has 2 N–H and O–H groups in total. The van der Waals surface area contributed by atoms with Crippen LogP contribution in [0.3, 0.4) is 0 Å². The van der Waals surface area contributed by atoms with Gasteiger partial charge in [0, 0.05) is 6.42 Å². The molecule has 27 heavy (non-hydrogen) atoms. The minimum atomic E-state index is -4.78. The minimum absolute atomic E-state index is 0.132. The van der Waals surface area contributed by atoms with Crippen molar-refractivity contribution < 1.29 is 32.3 Å². The lowest BCUT2D eigenvalue weighted by Crippen LogP contribution is -2.13. The first kappa shape index (κ1) is 20.2. The van der Waals surface area contributed by atoms with Crippen LogP contribution in [-0.2, 0) is 11.0 Å². The average Bonchev–Trinajstić information content (AvgIpc) is 2.59. The quantitative estimate of drug-likeness (QED) is 0.562. The van der Waals surface area contributed by atoms with Gasteiger partial charge in [-0.25, -0.2) is 9.18 Å². The van der Waals surface area contributed by atoms with Crippen molar-refractivity contribution in [1.29, 1.82) is 0 Å². The standard InChI is InChI=1S/C19H15F4NO3/c1-2-17(25)24-16-8-6-11(9-13(16)18(26)27)3-4-12-5-7-14(15(20)10-12)19(21,22)23/h3-10H,2H2,1H3,(H,24,25)(H,26,27). The zero-order valence-electron chi connectivity index (χ0n) is 14.1. The molecule has 142 valence electrons. The van der Waals surface area contributed by atoms with E-state index >= 15 is 0 Å². The van der Waals surface area contributed by atoms with E-state index in [9.17, 15) is 32.3 Å². The van der Waals surface area contributed by atoms with E-state index in [1.165, 1.54) is 30.4 Å². The Morgan fingerprint density at radius 3 is 2.19 bits per heavy atom. The molecule has 0 saturated carbocycles. The second-order valence-electron chi connectivity index (χ2n) is 5.58. The van der Waals surface area contributed by atoms with Crippen molar-refractivity contribution in [2.75, 3.05) is 5.32 Å². The highest BCUT2D eigenvalue weighted by Gasteiger charge is 2.33. The van der Waals surface area contributed by atoms with Gasteiger partial charge in [-0.05, 0) is 35.4 Å². The van der Waals surface area contributed by atoms with Crippen LogP contribution in [-0.4, -0.2) is 17.0 Å². The number of carboxylic acids is 1. The summed E-state index contributed by atoms with van der Waals surface area (Å²) in [5.41, 5.74) is -0.767. The summed E-state index contributed by atoms with van der Waals surface area (Å²) in [4.78, 5) is 22.8. The molecule has 0 aromatic heterocycles. The lowest BCUT2D eigenvalue weighted by atomic mass is 10.1. The van der Waals surface area contributed by atoms with Crippen LogP contribution >= 0.6 is 0 Å². The summed E-state index contributed by atoms with van der Waals surface area (Å²) in [6, 6.07) is 6.72. The molecule has 0 heterocycles. The van der Waals surface area contributed by atoms with Crippen molar-refractivity contribution in [3.63, 3.8) is 0 Å². The number of rotatable bonds is 5. The Balaban J connectivity index is 2.29. The Morgan fingerprint density at radius 2 is 1.67 bits per heavy atom. The third-order valence-corrected chi connectivity index (χ3v) is 3.64. The molecular weight excluding hydrogens is 366 g/mol. The predicted molar refractivity (Wildman–Crippen MR) is 92.7 cm³/mol. The molecule has 0 aliphatic rings. The molecule has 1 amide bonds. The van der Waals surface area contributed by atoms with E-state index in [4.69, 9.17) is 0 Å². The first-order valence-corrected chi connectivity index (χ1v) is 7.84. The van der Waals surface area contributed by atoms with Crippen molar-refractivity contribution in [1.82, 2.24) is 0 Å². The van der Waals surface area contributed by atoms with Crippen LogP contribution in [0.2, 0.25) is 0 Å². The van der Waals surface area contributed by atoms with Crippen LogP contribution in [0.25, 0.3) is 12.2 Å². The smallest absolute Gasteiger partial charge is 0.419 e. The number of hydrogen-bond donors (Lipinski definition) is 2. The van der Waals surface area contributed by atoms with Crippen LogP contribution < -0.4 is 5.32 Å². The lowest BCUT2D eigenvalue weighted by molar-refractivity contribution is -0.140. The van der Waals surface area contributed by atoms with Crippen LogP contribution in [0, 0.1) is 5.82 Å². The number of alkyl halides is 3. The lowest BCUT2D eigenvalue weighted by Gasteiger charge is -2.09. The molecule has 0 aliphatic heterocycles. The molecule has 0 atom stereocenters. The Labute approximate surface area is 152 Å². The van der Waals surface area contributed by atoms with Gasteiger partial charge in [-0.1, -0.05) is 31.2 Å². The van der Waals surface area contributed by atoms with E-state index < -0.39 is 23.5 Å². The van der Waals surface area contributed by atoms with E-state index in [0.717, 1.165) is 12.1 Å². The van der Waals surface area contributed by atoms with Crippen LogP contribution in [0.4, 0.5) is 23.2 Å². The van der Waals surface area contributed by atoms with Crippen LogP contribution in [0.15, 0.2) is 36.4 Å². The molecule has 0 fully saturated rings. The number of carbonyl (C=O) groups is 2. The zero-order chi connectivity index (χ0) is 20.2. The normalized spacial score (nSPS) is 11.6. The number of aromatic carboxylic acids is 1. The van der Waals surface area contributed by atoms with Gasteiger partial charge in [-0.2, -0.15) is 13.2 Å². The van der Waals surface area contributed by atoms with E-state index in [1.807, 2.05) is 0 Å². The number of nitrogens with one attached hydrogen (secondary N) is 1. The number of benzene rings is 2. The first-order chi connectivity index (χ1) is 12.6. The van der Waals surface area contributed by atoms with Crippen LogP contribution in [0.1, 0.15) is 40.4 Å². The fourth-order valence-corrected chi connectivity index (χ4v) is 2.25. The maximum absolute atomic E-state index is 13.6. The first-order valence-electron chi connectivity index (χ1n) is 7.84. The van der Waals surface area contributed by atoms with Crippen LogP contribution in [0.5, 0.6) is 0 Å². The molecule has 0 aliphatic carbocycles. The topological polar surface area (TPSA) is 66.4 Å². The molecule has 0 unspecified atom stereocenters. The molecule has 0 saturated heterocycles. The van der Waals surface area contributed by atoms with Crippen molar-refractivity contribution in [3.8, 4) is 0 Å². The molecule has 2 rings (SSSR count). The molecule has 2 aromatic carbocycles. The van der Waals surface area contributed by atoms with Gasteiger partial charge in [0.2, 0.25) is 5.91 Å². The number of amides is 1. The molecular formula is C19H15F4NO3. The fourth-order valence-electron chi connectivity index (χ4n) is 2.25. The third kappa shape index (κ3) is 5.16. The molecule has 2 aromatic rings. The molecule has 0 spiro atoms. The van der Waals surface area contributed by atoms with Gasteiger partial charge >= 0.3 is 12.1 Å². The predicted octanol–water partition coefficient (Wildman–Crippen LogP) is 5.06. The minimum Gasteiger partial charge on any atom is -0.478 e. The molecule has 4 nitrogen and oxygen atoms in total. The second-order valence-corrected chi connectivity index (χ2v) is 5.58. The maximum Gasteiger partial charge on any atom is 0.419 e. The van der Waals surface area contributed by atoms with Gasteiger partial charge in [0.05, 0.1) is 16.8 Å². The van der Waals surface area contributed by atoms with E-state index in [2.05, 4.69) is 5.32 Å². The van der Waals surface area contributed by atoms with Crippen molar-refractivity contribution in [2.24, 2.45) is 0 Å². The Hall–Kier alpha value is -3.16. The molecule has 8 heteroatoms. The van der Waals surface area contributed by atoms with Crippen molar-refractivity contribution in [2.45, 2.75) is 19.5 Å². The summed E-state index contributed by atoms with van der Waals surface area (Å²) in [5, 5.41) is 11.7. The van der Waals surface area contributed by atoms with Gasteiger partial charge in [-0.15, -0.1) is 0 Å². The second kappa shape index (κ2) is 8.03. The zero-order valence-corrected chi connectivity index (χ0v) is 14.1. The van der Waals surface area contributed by atoms with Crippen molar-refractivity contribution in [3.05, 3.63) is 64.5 Å². The van der Waals surface area contributed by atoms with Crippen molar-refractivity contribution >= 4 is 29.7 Å². The molecule has 0 radical (unpaired) electrons. The average molecular weight is 381 g/mol. The summed E-state index contributed by atoms with van der Waals surface area (Å²) in [7, 11) is 0. The highest BCUT2D eigenvalue weighted by atomic mass is 19.4. The monoisotopic (exact) mass is 381 g/mol.